The average molecular weight is 572 g/mol. The molecule has 0 unspecified atom stereocenters. The Balaban J connectivity index is -0.0000000161. The van der Waals surface area contributed by atoms with Gasteiger partial charge in [-0.1, -0.05) is 0 Å². The summed E-state index contributed by atoms with van der Waals surface area (Å²) >= 11 is 0. The van der Waals surface area contributed by atoms with Crippen molar-refractivity contribution in [2.45, 2.75) is 0 Å². The molecule has 0 aliphatic carbocycles. The molecule has 0 aromatic carbocycles. The molecule has 24 heteroatoms. The third kappa shape index (κ3) is 4490. The summed E-state index contributed by atoms with van der Waals surface area (Å²) in [6.07, 6.45) is 0. The molecule has 24 heavy (non-hydrogen) atoms. The molecule has 0 aliphatic heterocycles. The summed E-state index contributed by atoms with van der Waals surface area (Å²) in [5.74, 6) is 0. The van der Waals surface area contributed by atoms with Crippen LogP contribution in [0.3, 0.4) is 0 Å². The summed E-state index contributed by atoms with van der Waals surface area (Å²) in [4.78, 5) is 85.2. The SMILES string of the molecule is O=[Si]([O-])[O-].O=[Si]([O-])[O-].O=[Si]([O-])[O-].O=[Si]([O-])[O-].O=[Si]([O-])[O-].[Ca+2].[Ca+2].[Fe+3].[Fe+3]. The fraction of sp³-hybridized carbons (Fsp3) is 0. The molecular formula is Ca2Fe2O15Si5. The average Bonchev–Trinajstić information content (AvgIpc) is 1.94. The summed E-state index contributed by atoms with van der Waals surface area (Å²) in [5.41, 5.74) is 0. The van der Waals surface area contributed by atoms with Crippen molar-refractivity contribution in [2.75, 3.05) is 0 Å². The number of rotatable bonds is 0. The molecule has 0 rings (SSSR count). The summed E-state index contributed by atoms with van der Waals surface area (Å²) < 4.78 is 42.6. The molecule has 130 valence electrons. The van der Waals surface area contributed by atoms with E-state index in [0.717, 1.165) is 0 Å². The van der Waals surface area contributed by atoms with Crippen LogP contribution in [0, 0.1) is 0 Å². The van der Waals surface area contributed by atoms with Crippen molar-refractivity contribution in [2.24, 2.45) is 0 Å². The maximum Gasteiger partial charge on any atom is 3.00 e. The Kier molecular flexibility index (Phi) is 116. The van der Waals surface area contributed by atoms with Crippen molar-refractivity contribution in [3.63, 3.8) is 0 Å². The first kappa shape index (κ1) is 56.2. The van der Waals surface area contributed by atoms with E-state index in [-0.39, 0.29) is 110 Å². The molecule has 0 amide bonds. The molecule has 0 saturated carbocycles. The van der Waals surface area contributed by atoms with E-state index < -0.39 is 45.9 Å². The molecule has 0 spiro atoms. The van der Waals surface area contributed by atoms with Crippen molar-refractivity contribution in [3.05, 3.63) is 0 Å². The molecule has 0 heterocycles. The van der Waals surface area contributed by atoms with Gasteiger partial charge in [-0.3, -0.25) is 0 Å². The van der Waals surface area contributed by atoms with E-state index in [0.29, 0.717) is 0 Å². The molecule has 0 aromatic rings. The summed E-state index contributed by atoms with van der Waals surface area (Å²) in [6.45, 7) is 0. The fourth-order valence-electron chi connectivity index (χ4n) is 0. The zero-order valence-electron chi connectivity index (χ0n) is 10.7. The minimum Gasteiger partial charge on any atom is -0.672 e. The van der Waals surface area contributed by atoms with Gasteiger partial charge in [-0.05, 0) is 0 Å². The Bertz CT molecular complexity index is 221. The Morgan fingerprint density at radius 2 is 0.333 bits per heavy atom. The first-order valence-electron chi connectivity index (χ1n) is 3.06. The van der Waals surface area contributed by atoms with Gasteiger partial charge in [0.1, 0.15) is 0 Å². The third-order valence-corrected chi connectivity index (χ3v) is 0. The predicted molar refractivity (Wildman–Crippen MR) is 43.7 cm³/mol. The van der Waals surface area contributed by atoms with Crippen molar-refractivity contribution >= 4 is 121 Å². The minimum absolute atomic E-state index is 0. The van der Waals surface area contributed by atoms with Gasteiger partial charge in [0.15, 0.2) is 0 Å². The van der Waals surface area contributed by atoms with E-state index in [9.17, 15) is 0 Å². The van der Waals surface area contributed by atoms with E-state index >= 15 is 0 Å². The summed E-state index contributed by atoms with van der Waals surface area (Å²) in [5, 5.41) is 0. The first-order valence-corrected chi connectivity index (χ1v) is 9.19. The maximum absolute atomic E-state index is 8.52. The molecular weight excluding hydrogens is 572 g/mol. The van der Waals surface area contributed by atoms with Crippen LogP contribution in [0.5, 0.6) is 0 Å². The molecule has 0 aliphatic rings. The van der Waals surface area contributed by atoms with Crippen LogP contribution in [-0.4, -0.2) is 121 Å². The van der Waals surface area contributed by atoms with E-state index in [4.69, 9.17) is 70.3 Å². The topological polar surface area (TPSA) is 316 Å². The molecule has 0 aromatic heterocycles. The van der Waals surface area contributed by atoms with Gasteiger partial charge in [0.2, 0.25) is 0 Å². The number of hydrogen-bond donors (Lipinski definition) is 0. The van der Waals surface area contributed by atoms with E-state index in [1.165, 1.54) is 0 Å². The van der Waals surface area contributed by atoms with Gasteiger partial charge in [-0.2, -0.15) is 0 Å². The molecule has 2 radical (unpaired) electrons. The quantitative estimate of drug-likeness (QED) is 0.243. The zero-order valence-corrected chi connectivity index (χ0v) is 22.4. The smallest absolute Gasteiger partial charge is 0.672 e. The molecule has 0 saturated heterocycles. The van der Waals surface area contributed by atoms with Crippen LogP contribution in [0.15, 0.2) is 0 Å². The second-order valence-electron chi connectivity index (χ2n) is 1.25. The second-order valence-corrected chi connectivity index (χ2v) is 3.75. The van der Waals surface area contributed by atoms with Crippen molar-refractivity contribution in [1.29, 1.82) is 0 Å². The fourth-order valence-corrected chi connectivity index (χ4v) is 0. The van der Waals surface area contributed by atoms with Crippen molar-refractivity contribution < 1.29 is 104 Å². The predicted octanol–water partition coefficient (Wildman–Crippen LogP) is -15.2. The summed E-state index contributed by atoms with van der Waals surface area (Å²) in [6, 6.07) is 0. The maximum atomic E-state index is 8.52. The van der Waals surface area contributed by atoms with Crippen LogP contribution in [0.25, 0.3) is 0 Å². The zero-order chi connectivity index (χ0) is 17.9. The van der Waals surface area contributed by atoms with Gasteiger partial charge in [-0.15, -0.1) is 0 Å². The molecule has 0 fully saturated rings. The minimum atomic E-state index is -3.63. The van der Waals surface area contributed by atoms with Crippen LogP contribution >= 0.6 is 0 Å². The van der Waals surface area contributed by atoms with Crippen LogP contribution in [0.2, 0.25) is 0 Å². The Labute approximate surface area is 222 Å². The van der Waals surface area contributed by atoms with Crippen molar-refractivity contribution in [3.8, 4) is 0 Å². The van der Waals surface area contributed by atoms with Crippen molar-refractivity contribution in [1.82, 2.24) is 0 Å². The first-order chi connectivity index (χ1) is 8.66. The van der Waals surface area contributed by atoms with Crippen LogP contribution in [0.1, 0.15) is 0 Å². The van der Waals surface area contributed by atoms with E-state index in [1.807, 2.05) is 0 Å². The number of hydrogen-bond acceptors (Lipinski definition) is 15. The summed E-state index contributed by atoms with van der Waals surface area (Å²) in [7, 11) is -18.1. The Morgan fingerprint density at radius 3 is 0.333 bits per heavy atom. The molecule has 0 atom stereocenters. The molecule has 0 N–H and O–H groups in total. The van der Waals surface area contributed by atoms with Gasteiger partial charge < -0.3 is 70.3 Å². The van der Waals surface area contributed by atoms with Crippen LogP contribution < -0.4 is 48.0 Å². The van der Waals surface area contributed by atoms with Gasteiger partial charge >= 0.3 is 110 Å². The third-order valence-electron chi connectivity index (χ3n) is 0. The van der Waals surface area contributed by atoms with E-state index in [1.54, 1.807) is 0 Å². The standard InChI is InChI=1S/2Ca.2Fe.5O3Si/c;;;;5*1-4(2)3/q2*+2;2*+3;5*-2. The van der Waals surface area contributed by atoms with Gasteiger partial charge in [0, 0.05) is 45.9 Å². The Morgan fingerprint density at radius 1 is 0.333 bits per heavy atom. The molecule has 0 bridgehead atoms. The molecule has 15 nitrogen and oxygen atoms in total. The second kappa shape index (κ2) is 49.7. The normalized spacial score (nSPS) is 5.00. The van der Waals surface area contributed by atoms with Crippen LogP contribution in [-0.2, 0) is 56.4 Å². The monoisotopic (exact) mass is 572 g/mol. The van der Waals surface area contributed by atoms with E-state index in [2.05, 4.69) is 0 Å². The van der Waals surface area contributed by atoms with Gasteiger partial charge in [0.25, 0.3) is 0 Å². The van der Waals surface area contributed by atoms with Crippen LogP contribution in [0.4, 0.5) is 0 Å². The Hall–Kier alpha value is 1.64. The van der Waals surface area contributed by atoms with Gasteiger partial charge in [0.05, 0.1) is 0 Å². The van der Waals surface area contributed by atoms with Gasteiger partial charge in [-0.25, -0.2) is 0 Å². The largest absolute Gasteiger partial charge is 3.00 e.